The topological polar surface area (TPSA) is 567 Å². The molecular formula is C51H85N19O12. The van der Waals surface area contributed by atoms with E-state index in [1.807, 2.05) is 0 Å². The summed E-state index contributed by atoms with van der Waals surface area (Å²) >= 11 is 0. The van der Waals surface area contributed by atoms with Gasteiger partial charge in [-0.15, -0.1) is 0 Å². The maximum Gasteiger partial charge on any atom is 0.407 e. The van der Waals surface area contributed by atoms with Crippen LogP contribution in [0.2, 0.25) is 0 Å². The lowest BCUT2D eigenvalue weighted by atomic mass is 9.84. The summed E-state index contributed by atoms with van der Waals surface area (Å²) in [4.78, 5) is 147. The second kappa shape index (κ2) is 37.2. The number of alkyl carbamates (subject to hydrolysis) is 1. The molecule has 0 saturated heterocycles. The number of aliphatic carboxylic acids is 1. The Balaban J connectivity index is 2.56. The number of rotatable bonds is 39. The molecule has 1 aromatic carbocycles. The number of carboxylic acid groups (broad SMARTS) is 1. The maximum absolute atomic E-state index is 14.6. The Kier molecular flexibility index (Phi) is 31.4. The van der Waals surface area contributed by atoms with E-state index in [2.05, 4.69) is 46.9 Å². The number of benzene rings is 1. The van der Waals surface area contributed by atoms with E-state index in [9.17, 15) is 53.1 Å². The van der Waals surface area contributed by atoms with Gasteiger partial charge in [0.25, 0.3) is 0 Å². The largest absolute Gasteiger partial charge is 0.481 e. The Labute approximate surface area is 475 Å². The van der Waals surface area contributed by atoms with E-state index >= 15 is 0 Å². The highest BCUT2D eigenvalue weighted by Crippen LogP contribution is 2.28. The number of nitrogens with two attached hydrogens (primary N) is 9. The van der Waals surface area contributed by atoms with Crippen LogP contribution in [-0.2, 0) is 54.3 Å². The predicted molar refractivity (Wildman–Crippen MR) is 303 cm³/mol. The van der Waals surface area contributed by atoms with Gasteiger partial charge in [-0.2, -0.15) is 0 Å². The smallest absolute Gasteiger partial charge is 0.407 e. The fourth-order valence-corrected chi connectivity index (χ4v) is 8.82. The first-order chi connectivity index (χ1) is 38.8. The molecule has 0 radical (unpaired) electrons. The van der Waals surface area contributed by atoms with Crippen molar-refractivity contribution in [1.29, 1.82) is 5.41 Å². The van der Waals surface area contributed by atoms with Gasteiger partial charge in [-0.3, -0.25) is 63.5 Å². The molecule has 1 fully saturated rings. The van der Waals surface area contributed by atoms with E-state index < -0.39 is 127 Å². The zero-order valence-corrected chi connectivity index (χ0v) is 46.5. The molecule has 82 heavy (non-hydrogen) atoms. The lowest BCUT2D eigenvalue weighted by molar-refractivity contribution is -0.138. The number of ether oxygens (including phenoxy) is 1. The summed E-state index contributed by atoms with van der Waals surface area (Å²) in [6, 6.07) is -2.75. The number of nitrogens with one attached hydrogen (secondary N) is 7. The van der Waals surface area contributed by atoms with Gasteiger partial charge in [0, 0.05) is 50.4 Å². The molecule has 0 heterocycles. The molecule has 1 aromatic rings. The summed E-state index contributed by atoms with van der Waals surface area (Å²) in [6.07, 6.45) is 1.23. The van der Waals surface area contributed by atoms with E-state index in [1.165, 1.54) is 12.1 Å². The van der Waals surface area contributed by atoms with Gasteiger partial charge in [0.05, 0.1) is 19.1 Å². The lowest BCUT2D eigenvalue weighted by Crippen LogP contribution is -2.59. The number of carbonyl (C=O) groups is 10. The molecule has 1 aliphatic rings. The molecule has 456 valence electrons. The molecule has 7 atom stereocenters. The fourth-order valence-electron chi connectivity index (χ4n) is 8.82. The minimum absolute atomic E-state index is 0.00000902. The molecule has 0 aromatic heterocycles. The van der Waals surface area contributed by atoms with Crippen molar-refractivity contribution in [3.8, 4) is 0 Å². The van der Waals surface area contributed by atoms with Crippen molar-refractivity contribution in [2.45, 2.75) is 159 Å². The van der Waals surface area contributed by atoms with Crippen LogP contribution in [0.15, 0.2) is 39.2 Å². The molecule has 26 N–H and O–H groups in total. The minimum atomic E-state index is -1.82. The van der Waals surface area contributed by atoms with Crippen LogP contribution >= 0.6 is 0 Å². The van der Waals surface area contributed by atoms with Crippen LogP contribution in [0, 0.1) is 17.2 Å². The van der Waals surface area contributed by atoms with Gasteiger partial charge < -0.3 is 93.3 Å². The van der Waals surface area contributed by atoms with Gasteiger partial charge in [-0.05, 0) is 69.3 Å². The highest BCUT2D eigenvalue weighted by molar-refractivity contribution is 5.99. The van der Waals surface area contributed by atoms with Gasteiger partial charge >= 0.3 is 12.1 Å². The zero-order valence-electron chi connectivity index (χ0n) is 46.5. The van der Waals surface area contributed by atoms with E-state index in [0.29, 0.717) is 30.4 Å². The number of carboxylic acids is 1. The molecule has 0 bridgehead atoms. The Hall–Kier alpha value is -8.80. The summed E-state index contributed by atoms with van der Waals surface area (Å²) in [5.41, 5.74) is 50.6. The Morgan fingerprint density at radius 1 is 0.585 bits per heavy atom. The van der Waals surface area contributed by atoms with E-state index in [4.69, 9.17) is 61.7 Å². The van der Waals surface area contributed by atoms with Crippen molar-refractivity contribution in [2.24, 2.45) is 78.4 Å². The number of carbonyl (C=O) groups excluding carboxylic acids is 9. The number of primary amides is 2. The number of ketones is 1. The molecule has 2 rings (SSSR count). The van der Waals surface area contributed by atoms with E-state index in [-0.39, 0.29) is 107 Å². The van der Waals surface area contributed by atoms with Crippen molar-refractivity contribution >= 4 is 82.9 Å². The number of hydrogen-bond acceptors (Lipinski definition) is 15. The second-order valence-corrected chi connectivity index (χ2v) is 19.9. The highest BCUT2D eigenvalue weighted by Gasteiger charge is 2.36. The third-order valence-corrected chi connectivity index (χ3v) is 13.1. The van der Waals surface area contributed by atoms with Gasteiger partial charge in [-0.1, -0.05) is 63.3 Å². The van der Waals surface area contributed by atoms with Crippen LogP contribution in [0.1, 0.15) is 127 Å². The average molecular weight is 1160 g/mol. The normalized spacial score (nSPS) is 14.6. The third kappa shape index (κ3) is 28.4. The number of amides is 8. The SMILES string of the molecule is CCCOC(=O)N[C@@H](Cc1ccc(C(=N)N)cc1)C(=O)N[C@@H](CCC(=O)O)C(=O)N[C@@H](CC(N)=O)C(=O)N[C@@H](CC1CCCCC1)C(=O)N[C@@H](CCCN=C(N)N)C(=O)C[C@@H](CCCN=C(N)N)C(=O)N[C@@H](CCCN=C(N)N)C(N)=O. The number of nitrogens with zero attached hydrogens (tertiary/aromatic N) is 3. The number of hydrogen-bond donors (Lipinski definition) is 17. The summed E-state index contributed by atoms with van der Waals surface area (Å²) in [7, 11) is 0. The Bertz CT molecular complexity index is 2420. The number of aliphatic imine (C=N–C) groups is 3. The summed E-state index contributed by atoms with van der Waals surface area (Å²) in [5.74, 6) is -10.8. The van der Waals surface area contributed by atoms with Crippen LogP contribution in [0.4, 0.5) is 4.79 Å². The average Bonchev–Trinajstić information content (AvgIpc) is 3.43. The Morgan fingerprint density at radius 3 is 1.60 bits per heavy atom. The van der Waals surface area contributed by atoms with Gasteiger partial charge in [0.15, 0.2) is 23.7 Å². The van der Waals surface area contributed by atoms with E-state index in [0.717, 1.165) is 19.3 Å². The fraction of sp³-hybridized carbons (Fsp3) is 0.608. The molecule has 8 amide bonds. The van der Waals surface area contributed by atoms with Gasteiger partial charge in [0.1, 0.15) is 36.0 Å². The number of nitrogen functional groups attached to an aromatic ring is 1. The van der Waals surface area contributed by atoms with Crippen molar-refractivity contribution in [1.82, 2.24) is 31.9 Å². The summed E-state index contributed by atoms with van der Waals surface area (Å²) in [5, 5.41) is 32.5. The molecule has 0 aliphatic heterocycles. The predicted octanol–water partition coefficient (Wildman–Crippen LogP) is -3.63. The van der Waals surface area contributed by atoms with Gasteiger partial charge in [-0.25, -0.2) is 4.79 Å². The third-order valence-electron chi connectivity index (χ3n) is 13.1. The molecular weight excluding hydrogens is 1070 g/mol. The van der Waals surface area contributed by atoms with Crippen molar-refractivity contribution in [3.05, 3.63) is 35.4 Å². The number of amidine groups is 1. The highest BCUT2D eigenvalue weighted by atomic mass is 16.5. The summed E-state index contributed by atoms with van der Waals surface area (Å²) < 4.78 is 5.12. The van der Waals surface area contributed by atoms with Crippen LogP contribution in [0.5, 0.6) is 0 Å². The number of Topliss-reactive ketones (excluding diaryl/α,β-unsaturated/α-hetero) is 1. The first-order valence-electron chi connectivity index (χ1n) is 27.2. The van der Waals surface area contributed by atoms with Crippen LogP contribution in [0.25, 0.3) is 0 Å². The first-order valence-corrected chi connectivity index (χ1v) is 27.2. The van der Waals surface area contributed by atoms with Crippen LogP contribution in [-0.4, -0.2) is 151 Å². The molecule has 1 aliphatic carbocycles. The van der Waals surface area contributed by atoms with Crippen LogP contribution < -0.4 is 83.5 Å². The van der Waals surface area contributed by atoms with E-state index in [1.54, 1.807) is 19.1 Å². The van der Waals surface area contributed by atoms with Crippen molar-refractivity contribution in [2.75, 3.05) is 26.2 Å². The minimum Gasteiger partial charge on any atom is -0.481 e. The second-order valence-electron chi connectivity index (χ2n) is 19.9. The van der Waals surface area contributed by atoms with Crippen molar-refractivity contribution < 1.29 is 57.8 Å². The zero-order chi connectivity index (χ0) is 61.3. The monoisotopic (exact) mass is 1160 g/mol. The van der Waals surface area contributed by atoms with Crippen LogP contribution in [0.3, 0.4) is 0 Å². The molecule has 31 nitrogen and oxygen atoms in total. The molecule has 0 unspecified atom stereocenters. The first kappa shape index (κ1) is 69.3. The maximum atomic E-state index is 14.6. The van der Waals surface area contributed by atoms with Crippen molar-refractivity contribution in [3.63, 3.8) is 0 Å². The molecule has 31 heteroatoms. The summed E-state index contributed by atoms with van der Waals surface area (Å²) in [6.45, 7) is 1.97. The quantitative estimate of drug-likeness (QED) is 0.0172. The standard InChI is InChI=1S/C51H85N19O12/c1-2-23-82-51(81)70-36(25-29-14-16-30(17-15-29)41(53)54)46(79)67-34(18-19-40(73)74)44(77)69-37(27-39(52)72)47(80)68-35(24-28-9-4-3-5-10-28)45(78)65-32(12-7-21-63-49(58)59)38(71)26-31(11-6-20-62-48(56)57)43(76)66-33(42(55)75)13-8-22-64-50(60)61/h14-17,28,31-37H,2-13,18-27H2,1H3,(H2,52,72)(H3,53,54)(H2,55,75)(H,65,78)(H,66,76)(H,67,79)(H,68,80)(H,69,77)(H,70,81)(H,73,74)(H4,56,57,62)(H4,58,59,63)(H4,60,61,64)/t31-,32+,33+,34+,35+,36+,37+/m1/s1. The Morgan fingerprint density at radius 2 is 1.07 bits per heavy atom. The lowest BCUT2D eigenvalue weighted by Gasteiger charge is -2.30. The van der Waals surface area contributed by atoms with Gasteiger partial charge in [0.2, 0.25) is 41.4 Å². The number of guanidine groups is 3. The molecule has 0 spiro atoms. The molecule has 1 saturated carbocycles.